The molecule has 7 nitrogen and oxygen atoms in total. The number of likely N-dealkylation sites (tertiary alicyclic amines) is 1. The van der Waals surface area contributed by atoms with Gasteiger partial charge in [-0.1, -0.05) is 11.6 Å². The summed E-state index contributed by atoms with van der Waals surface area (Å²) in [6.07, 6.45) is 3.58. The minimum absolute atomic E-state index is 0.0462. The van der Waals surface area contributed by atoms with E-state index in [1.54, 1.807) is 6.07 Å². The summed E-state index contributed by atoms with van der Waals surface area (Å²) in [7, 11) is 2.10. The minimum Gasteiger partial charge on any atom is -0.462 e. The Labute approximate surface area is 118 Å². The van der Waals surface area contributed by atoms with Crippen molar-refractivity contribution in [2.75, 3.05) is 20.2 Å². The van der Waals surface area contributed by atoms with Crippen LogP contribution in [0, 0.1) is 6.92 Å². The van der Waals surface area contributed by atoms with Gasteiger partial charge in [-0.25, -0.2) is 4.98 Å². The Hall–Kier alpha value is -1.89. The summed E-state index contributed by atoms with van der Waals surface area (Å²) in [6, 6.07) is 2.31. The average molecular weight is 279 g/mol. The van der Waals surface area contributed by atoms with E-state index < -0.39 is 0 Å². The van der Waals surface area contributed by atoms with Gasteiger partial charge in [0.15, 0.2) is 5.84 Å². The van der Waals surface area contributed by atoms with Crippen molar-refractivity contribution in [3.05, 3.63) is 17.5 Å². The van der Waals surface area contributed by atoms with E-state index in [1.165, 1.54) is 12.8 Å². The maximum atomic E-state index is 8.69. The van der Waals surface area contributed by atoms with Crippen LogP contribution in [0.3, 0.4) is 0 Å². The SMILES string of the molecule is Cc1cc(/C(N)=N/O)nc(OCC2CCCCN2C)n1. The van der Waals surface area contributed by atoms with Crippen LogP contribution in [-0.4, -0.2) is 52.2 Å². The lowest BCUT2D eigenvalue weighted by Crippen LogP contribution is -2.40. The second kappa shape index (κ2) is 6.51. The van der Waals surface area contributed by atoms with Crippen LogP contribution in [0.2, 0.25) is 0 Å². The fourth-order valence-electron chi connectivity index (χ4n) is 2.31. The largest absolute Gasteiger partial charge is 0.462 e. The number of likely N-dealkylation sites (N-methyl/N-ethyl adjacent to an activating group) is 1. The monoisotopic (exact) mass is 279 g/mol. The zero-order valence-electron chi connectivity index (χ0n) is 11.9. The van der Waals surface area contributed by atoms with Gasteiger partial charge in [-0.3, -0.25) is 0 Å². The van der Waals surface area contributed by atoms with Gasteiger partial charge >= 0.3 is 6.01 Å². The molecule has 0 aromatic carbocycles. The first kappa shape index (κ1) is 14.5. The smallest absolute Gasteiger partial charge is 0.317 e. The van der Waals surface area contributed by atoms with Crippen molar-refractivity contribution in [2.45, 2.75) is 32.2 Å². The van der Waals surface area contributed by atoms with E-state index in [0.29, 0.717) is 24.0 Å². The van der Waals surface area contributed by atoms with Crippen LogP contribution in [-0.2, 0) is 0 Å². The number of hydrogen-bond acceptors (Lipinski definition) is 6. The summed E-state index contributed by atoms with van der Waals surface area (Å²) < 4.78 is 5.68. The molecular weight excluding hydrogens is 258 g/mol. The summed E-state index contributed by atoms with van der Waals surface area (Å²) in [5.74, 6) is -0.0462. The Bertz CT molecular complexity index is 492. The third-order valence-corrected chi connectivity index (χ3v) is 3.53. The maximum Gasteiger partial charge on any atom is 0.317 e. The minimum atomic E-state index is -0.0462. The molecule has 2 rings (SSSR count). The van der Waals surface area contributed by atoms with Gasteiger partial charge in [-0.15, -0.1) is 0 Å². The molecule has 1 aliphatic heterocycles. The summed E-state index contributed by atoms with van der Waals surface area (Å²) in [5.41, 5.74) is 6.62. The van der Waals surface area contributed by atoms with Gasteiger partial charge in [-0.05, 0) is 39.4 Å². The van der Waals surface area contributed by atoms with Gasteiger partial charge in [0.2, 0.25) is 0 Å². The quantitative estimate of drug-likeness (QED) is 0.365. The molecular formula is C13H21N5O2. The second-order valence-electron chi connectivity index (χ2n) is 5.10. The maximum absolute atomic E-state index is 8.69. The molecule has 7 heteroatoms. The Morgan fingerprint density at radius 3 is 3.05 bits per heavy atom. The molecule has 0 aliphatic carbocycles. The normalized spacial score (nSPS) is 20.9. The highest BCUT2D eigenvalue weighted by Crippen LogP contribution is 2.16. The highest BCUT2D eigenvalue weighted by atomic mass is 16.5. The molecule has 3 N–H and O–H groups in total. The van der Waals surface area contributed by atoms with Gasteiger partial charge in [0, 0.05) is 11.7 Å². The Morgan fingerprint density at radius 1 is 1.55 bits per heavy atom. The molecule has 110 valence electrons. The van der Waals surface area contributed by atoms with Crippen LogP contribution in [0.25, 0.3) is 0 Å². The summed E-state index contributed by atoms with van der Waals surface area (Å²) in [6.45, 7) is 3.46. The molecule has 1 fully saturated rings. The summed E-state index contributed by atoms with van der Waals surface area (Å²) >= 11 is 0. The lowest BCUT2D eigenvalue weighted by Gasteiger charge is -2.31. The number of hydrogen-bond donors (Lipinski definition) is 2. The van der Waals surface area contributed by atoms with Crippen LogP contribution in [0.1, 0.15) is 30.7 Å². The van der Waals surface area contributed by atoms with Crippen LogP contribution in [0.15, 0.2) is 11.2 Å². The first-order valence-electron chi connectivity index (χ1n) is 6.76. The van der Waals surface area contributed by atoms with Crippen molar-refractivity contribution in [3.8, 4) is 6.01 Å². The van der Waals surface area contributed by atoms with E-state index in [0.717, 1.165) is 13.0 Å². The molecule has 2 heterocycles. The van der Waals surface area contributed by atoms with E-state index in [2.05, 4.69) is 27.1 Å². The highest BCUT2D eigenvalue weighted by Gasteiger charge is 2.20. The number of oxime groups is 1. The number of ether oxygens (including phenoxy) is 1. The molecule has 20 heavy (non-hydrogen) atoms. The van der Waals surface area contributed by atoms with E-state index >= 15 is 0 Å². The average Bonchev–Trinajstić information content (AvgIpc) is 2.45. The number of nitrogens with two attached hydrogens (primary N) is 1. The third kappa shape index (κ3) is 3.57. The van der Waals surface area contributed by atoms with Crippen molar-refractivity contribution < 1.29 is 9.94 Å². The highest BCUT2D eigenvalue weighted by molar-refractivity contribution is 5.95. The molecule has 1 aromatic rings. The topological polar surface area (TPSA) is 96.9 Å². The molecule has 0 spiro atoms. The predicted molar refractivity (Wildman–Crippen MR) is 75.0 cm³/mol. The lowest BCUT2D eigenvalue weighted by atomic mass is 10.0. The van der Waals surface area contributed by atoms with Crippen LogP contribution in [0.4, 0.5) is 0 Å². The van der Waals surface area contributed by atoms with Gasteiger partial charge in [0.05, 0.1) is 0 Å². The van der Waals surface area contributed by atoms with E-state index in [4.69, 9.17) is 15.7 Å². The van der Waals surface area contributed by atoms with Crippen molar-refractivity contribution >= 4 is 5.84 Å². The molecule has 1 aromatic heterocycles. The van der Waals surface area contributed by atoms with Gasteiger partial charge in [0.25, 0.3) is 0 Å². The Morgan fingerprint density at radius 2 is 2.35 bits per heavy atom. The summed E-state index contributed by atoms with van der Waals surface area (Å²) in [5, 5.41) is 11.6. The first-order valence-corrected chi connectivity index (χ1v) is 6.76. The number of piperidine rings is 1. The molecule has 1 aliphatic rings. The molecule has 1 saturated heterocycles. The summed E-state index contributed by atoms with van der Waals surface area (Å²) in [4.78, 5) is 10.7. The van der Waals surface area contributed by atoms with Gasteiger partial charge in [0.1, 0.15) is 12.3 Å². The van der Waals surface area contributed by atoms with Crippen molar-refractivity contribution in [2.24, 2.45) is 10.9 Å². The van der Waals surface area contributed by atoms with E-state index in [1.807, 2.05) is 6.92 Å². The fourth-order valence-corrected chi connectivity index (χ4v) is 2.31. The number of aromatic nitrogens is 2. The first-order chi connectivity index (χ1) is 9.60. The second-order valence-corrected chi connectivity index (χ2v) is 5.10. The van der Waals surface area contributed by atoms with Crippen molar-refractivity contribution in [3.63, 3.8) is 0 Å². The van der Waals surface area contributed by atoms with Gasteiger partial charge in [-0.2, -0.15) is 4.98 Å². The number of aryl methyl sites for hydroxylation is 1. The van der Waals surface area contributed by atoms with Crippen LogP contribution >= 0.6 is 0 Å². The zero-order chi connectivity index (χ0) is 14.5. The molecule has 0 saturated carbocycles. The van der Waals surface area contributed by atoms with Crippen LogP contribution in [0.5, 0.6) is 6.01 Å². The lowest BCUT2D eigenvalue weighted by molar-refractivity contribution is 0.119. The number of nitrogens with zero attached hydrogens (tertiary/aromatic N) is 4. The molecule has 0 bridgehead atoms. The van der Waals surface area contributed by atoms with Crippen molar-refractivity contribution in [1.82, 2.24) is 14.9 Å². The van der Waals surface area contributed by atoms with Gasteiger partial charge < -0.3 is 20.6 Å². The van der Waals surface area contributed by atoms with Crippen molar-refractivity contribution in [1.29, 1.82) is 0 Å². The molecule has 1 unspecified atom stereocenters. The molecule has 0 radical (unpaired) electrons. The predicted octanol–water partition coefficient (Wildman–Crippen LogP) is 0.743. The third-order valence-electron chi connectivity index (χ3n) is 3.53. The zero-order valence-corrected chi connectivity index (χ0v) is 11.9. The Kier molecular flexibility index (Phi) is 4.73. The van der Waals surface area contributed by atoms with E-state index in [9.17, 15) is 0 Å². The fraction of sp³-hybridized carbons (Fsp3) is 0.615. The number of amidine groups is 1. The van der Waals surface area contributed by atoms with E-state index in [-0.39, 0.29) is 11.8 Å². The molecule has 1 atom stereocenters. The van der Waals surface area contributed by atoms with Crippen LogP contribution < -0.4 is 10.5 Å². The number of rotatable bonds is 4. The molecule has 0 amide bonds. The Balaban J connectivity index is 2.03. The standard InChI is InChI=1S/C13H21N5O2/c1-9-7-11(12(14)17-19)16-13(15-9)20-8-10-5-3-4-6-18(10)2/h7,10,19H,3-6,8H2,1-2H3,(H2,14,17).